The molecule has 2 fully saturated rings. The molecule has 0 aromatic carbocycles. The molecule has 2 rings (SSSR count). The molecule has 0 nitrogen and oxygen atoms in total. The van der Waals surface area contributed by atoms with E-state index in [9.17, 15) is 0 Å². The lowest BCUT2D eigenvalue weighted by atomic mass is 10.1. The van der Waals surface area contributed by atoms with E-state index in [0.717, 1.165) is 23.7 Å². The molecule has 2 aliphatic carbocycles. The van der Waals surface area contributed by atoms with Crippen molar-refractivity contribution in [3.8, 4) is 0 Å². The lowest BCUT2D eigenvalue weighted by molar-refractivity contribution is 0.634. The number of unbranched alkanes of at least 4 members (excludes halogenated alkanes) is 1. The summed E-state index contributed by atoms with van der Waals surface area (Å²) in [6.07, 6.45) is 14.8. The maximum absolute atomic E-state index is 2.42. The molecule has 4 unspecified atom stereocenters. The van der Waals surface area contributed by atoms with E-state index in [4.69, 9.17) is 0 Å². The molecule has 0 amide bonds. The second-order valence-corrected chi connectivity index (χ2v) is 5.93. The summed E-state index contributed by atoms with van der Waals surface area (Å²) in [5.74, 6) is 4.24. The highest BCUT2D eigenvalue weighted by Gasteiger charge is 2.31. The third-order valence-electron chi connectivity index (χ3n) is 4.37. The molecular weight excluding hydrogens is 180 g/mol. The van der Waals surface area contributed by atoms with Crippen molar-refractivity contribution >= 4 is 0 Å². The van der Waals surface area contributed by atoms with Crippen LogP contribution in [0.25, 0.3) is 0 Å². The zero-order chi connectivity index (χ0) is 10.7. The van der Waals surface area contributed by atoms with E-state index >= 15 is 0 Å². The predicted octanol–water partition coefficient (Wildman–Crippen LogP) is 4.81. The Morgan fingerprint density at radius 2 is 1.40 bits per heavy atom. The van der Waals surface area contributed by atoms with Crippen LogP contribution in [-0.2, 0) is 0 Å². The molecule has 15 heavy (non-hydrogen) atoms. The normalized spacial score (nSPS) is 38.5. The summed E-state index contributed by atoms with van der Waals surface area (Å²) in [4.78, 5) is 0. The van der Waals surface area contributed by atoms with Gasteiger partial charge in [0.25, 0.3) is 0 Å². The van der Waals surface area contributed by atoms with Gasteiger partial charge in [-0.1, -0.05) is 26.0 Å². The Hall–Kier alpha value is -0.260. The smallest absolute Gasteiger partial charge is 0.0348 e. The first kappa shape index (κ1) is 11.2. The van der Waals surface area contributed by atoms with Gasteiger partial charge in [0.15, 0.2) is 0 Å². The first-order valence-electron chi connectivity index (χ1n) is 6.92. The minimum absolute atomic E-state index is 1.04. The minimum atomic E-state index is 1.04. The predicted molar refractivity (Wildman–Crippen MR) is 66.8 cm³/mol. The summed E-state index contributed by atoms with van der Waals surface area (Å²) in [7, 11) is 0. The molecule has 0 aliphatic heterocycles. The number of hydrogen-bond acceptors (Lipinski definition) is 0. The van der Waals surface area contributed by atoms with Gasteiger partial charge in [-0.3, -0.25) is 0 Å². The summed E-state index contributed by atoms with van der Waals surface area (Å²) in [6, 6.07) is 0. The van der Waals surface area contributed by atoms with E-state index in [1.54, 1.807) is 0 Å². The Morgan fingerprint density at radius 1 is 0.867 bits per heavy atom. The van der Waals surface area contributed by atoms with E-state index < -0.39 is 0 Å². The first-order chi connectivity index (χ1) is 7.27. The van der Waals surface area contributed by atoms with Gasteiger partial charge in [-0.05, 0) is 68.6 Å². The standard InChI is InChI=1S/C15H26/c1-12-10-14(12)8-6-4-3-5-7-9-15-11-13(15)2/h3-4,12-15H,5-11H2,1-2H3. The van der Waals surface area contributed by atoms with E-state index in [1.807, 2.05) is 0 Å². The molecule has 2 aliphatic rings. The van der Waals surface area contributed by atoms with Gasteiger partial charge in [0.2, 0.25) is 0 Å². The van der Waals surface area contributed by atoms with E-state index in [0.29, 0.717) is 0 Å². The van der Waals surface area contributed by atoms with Gasteiger partial charge in [-0.25, -0.2) is 0 Å². The monoisotopic (exact) mass is 206 g/mol. The fourth-order valence-corrected chi connectivity index (χ4v) is 2.65. The van der Waals surface area contributed by atoms with Gasteiger partial charge in [-0.15, -0.1) is 0 Å². The van der Waals surface area contributed by atoms with Crippen LogP contribution in [0.3, 0.4) is 0 Å². The highest BCUT2D eigenvalue weighted by Crippen LogP contribution is 2.42. The largest absolute Gasteiger partial charge is 0.0885 e. The summed E-state index contributed by atoms with van der Waals surface area (Å²) in [6.45, 7) is 4.77. The minimum Gasteiger partial charge on any atom is -0.0885 e. The Morgan fingerprint density at radius 3 is 2.00 bits per heavy atom. The van der Waals surface area contributed by atoms with Gasteiger partial charge in [0.05, 0.1) is 0 Å². The fraction of sp³-hybridized carbons (Fsp3) is 0.867. The topological polar surface area (TPSA) is 0 Å². The van der Waals surface area contributed by atoms with Crippen LogP contribution >= 0.6 is 0 Å². The van der Waals surface area contributed by atoms with Crippen molar-refractivity contribution in [3.63, 3.8) is 0 Å². The van der Waals surface area contributed by atoms with Gasteiger partial charge < -0.3 is 0 Å². The number of allylic oxidation sites excluding steroid dienone is 2. The van der Waals surface area contributed by atoms with Crippen LogP contribution in [0, 0.1) is 23.7 Å². The lowest BCUT2D eigenvalue weighted by Crippen LogP contribution is -1.80. The van der Waals surface area contributed by atoms with Gasteiger partial charge >= 0.3 is 0 Å². The Balaban J connectivity index is 1.38. The van der Waals surface area contributed by atoms with E-state index in [1.165, 1.54) is 44.9 Å². The molecule has 0 N–H and O–H groups in total. The molecule has 0 saturated heterocycles. The molecule has 4 atom stereocenters. The summed E-state index contributed by atoms with van der Waals surface area (Å²) in [5.41, 5.74) is 0. The molecule has 0 bridgehead atoms. The Bertz CT molecular complexity index is 216. The zero-order valence-electron chi connectivity index (χ0n) is 10.4. The average Bonchev–Trinajstić information content (AvgIpc) is 3.07. The van der Waals surface area contributed by atoms with Crippen molar-refractivity contribution in [2.24, 2.45) is 23.7 Å². The van der Waals surface area contributed by atoms with Crippen molar-refractivity contribution in [2.75, 3.05) is 0 Å². The number of rotatable bonds is 7. The first-order valence-corrected chi connectivity index (χ1v) is 6.92. The van der Waals surface area contributed by atoms with Crippen LogP contribution in [0.1, 0.15) is 58.8 Å². The molecule has 0 spiro atoms. The van der Waals surface area contributed by atoms with Crippen molar-refractivity contribution in [3.05, 3.63) is 12.2 Å². The Kier molecular flexibility index (Phi) is 3.88. The maximum atomic E-state index is 2.42. The van der Waals surface area contributed by atoms with E-state index in [2.05, 4.69) is 26.0 Å². The van der Waals surface area contributed by atoms with Gasteiger partial charge in [0, 0.05) is 0 Å². The van der Waals surface area contributed by atoms with Crippen LogP contribution in [-0.4, -0.2) is 0 Å². The summed E-state index contributed by atoms with van der Waals surface area (Å²) < 4.78 is 0. The lowest BCUT2D eigenvalue weighted by Gasteiger charge is -1.95. The fourth-order valence-electron chi connectivity index (χ4n) is 2.65. The molecule has 0 heteroatoms. The van der Waals surface area contributed by atoms with Crippen LogP contribution in [0.5, 0.6) is 0 Å². The van der Waals surface area contributed by atoms with Crippen molar-refractivity contribution < 1.29 is 0 Å². The molecular formula is C15H26. The summed E-state index contributed by atoms with van der Waals surface area (Å²) >= 11 is 0. The molecule has 0 heterocycles. The molecule has 0 aromatic heterocycles. The van der Waals surface area contributed by atoms with Crippen molar-refractivity contribution in [1.82, 2.24) is 0 Å². The highest BCUT2D eigenvalue weighted by atomic mass is 14.4. The zero-order valence-corrected chi connectivity index (χ0v) is 10.4. The van der Waals surface area contributed by atoms with Crippen molar-refractivity contribution in [1.29, 1.82) is 0 Å². The van der Waals surface area contributed by atoms with Gasteiger partial charge in [-0.2, -0.15) is 0 Å². The van der Waals surface area contributed by atoms with Crippen LogP contribution in [0.4, 0.5) is 0 Å². The van der Waals surface area contributed by atoms with E-state index in [-0.39, 0.29) is 0 Å². The maximum Gasteiger partial charge on any atom is -0.0348 e. The molecule has 0 radical (unpaired) electrons. The second kappa shape index (κ2) is 5.18. The molecule has 0 aromatic rings. The highest BCUT2D eigenvalue weighted by molar-refractivity contribution is 4.88. The second-order valence-electron chi connectivity index (χ2n) is 5.93. The number of hydrogen-bond donors (Lipinski definition) is 0. The molecule has 86 valence electrons. The third kappa shape index (κ3) is 4.01. The van der Waals surface area contributed by atoms with Gasteiger partial charge in [0.1, 0.15) is 0 Å². The average molecular weight is 206 g/mol. The summed E-state index contributed by atoms with van der Waals surface area (Å²) in [5, 5.41) is 0. The third-order valence-corrected chi connectivity index (χ3v) is 4.37. The Labute approximate surface area is 95.1 Å². The molecule has 2 saturated carbocycles. The van der Waals surface area contributed by atoms with Crippen LogP contribution in [0.2, 0.25) is 0 Å². The SMILES string of the molecule is CC1CC1CCC=CCCCC1CC1C. The van der Waals surface area contributed by atoms with Crippen LogP contribution in [0.15, 0.2) is 12.2 Å². The van der Waals surface area contributed by atoms with Crippen LogP contribution < -0.4 is 0 Å². The van der Waals surface area contributed by atoms with Crippen molar-refractivity contribution in [2.45, 2.75) is 58.8 Å². The quantitative estimate of drug-likeness (QED) is 0.414.